The highest BCUT2D eigenvalue weighted by molar-refractivity contribution is 7.92. The molecule has 0 radical (unpaired) electrons. The van der Waals surface area contributed by atoms with Gasteiger partial charge in [0.05, 0.1) is 23.0 Å². The number of carbonyl (C=O) groups is 1. The number of para-hydroxylation sites is 1. The van der Waals surface area contributed by atoms with Crippen molar-refractivity contribution in [2.24, 2.45) is 0 Å². The lowest BCUT2D eigenvalue weighted by Gasteiger charge is -2.15. The van der Waals surface area contributed by atoms with E-state index in [1.807, 2.05) is 72.8 Å². The van der Waals surface area contributed by atoms with Gasteiger partial charge < -0.3 is 10.6 Å². The van der Waals surface area contributed by atoms with Gasteiger partial charge in [0.2, 0.25) is 10.0 Å². The van der Waals surface area contributed by atoms with Crippen LogP contribution in [0.5, 0.6) is 0 Å². The zero-order valence-electron chi connectivity index (χ0n) is 18.8. The minimum atomic E-state index is -3.35. The Morgan fingerprint density at radius 1 is 0.714 bits per heavy atom. The van der Waals surface area contributed by atoms with Crippen LogP contribution in [0.4, 0.5) is 22.7 Å². The SMILES string of the molecule is CS(=O)(=O)Nc1ccc(Nc2c3ccccc3nc3cc(NC(=O)c4ccccc4)ccc23)cc1. The number of nitrogens with one attached hydrogen (secondary N) is 3. The third-order valence-electron chi connectivity index (χ3n) is 5.43. The first-order valence-corrected chi connectivity index (χ1v) is 12.8. The standard InChI is InChI=1S/C27H22N4O3S/c1-35(33,34)31-20-13-11-19(12-14-20)28-26-22-9-5-6-10-24(22)30-25-17-21(15-16-23(25)26)29-27(32)18-7-3-2-4-8-18/h2-17,31H,1H3,(H,28,30)(H,29,32). The number of sulfonamides is 1. The quantitative estimate of drug-likeness (QED) is 0.267. The number of amides is 1. The monoisotopic (exact) mass is 482 g/mol. The third-order valence-corrected chi connectivity index (χ3v) is 6.04. The van der Waals surface area contributed by atoms with Gasteiger partial charge >= 0.3 is 0 Å². The number of anilines is 4. The van der Waals surface area contributed by atoms with Gasteiger partial charge in [-0.05, 0) is 60.7 Å². The number of hydrogen-bond acceptors (Lipinski definition) is 5. The molecule has 4 aromatic carbocycles. The van der Waals surface area contributed by atoms with Gasteiger partial charge in [-0.15, -0.1) is 0 Å². The van der Waals surface area contributed by atoms with Crippen molar-refractivity contribution in [3.8, 4) is 0 Å². The van der Waals surface area contributed by atoms with Crippen LogP contribution in [0.2, 0.25) is 0 Å². The molecule has 7 nitrogen and oxygen atoms in total. The van der Waals surface area contributed by atoms with Crippen LogP contribution in [0.15, 0.2) is 97.1 Å². The van der Waals surface area contributed by atoms with Gasteiger partial charge in [0.25, 0.3) is 5.91 Å². The molecule has 0 aliphatic heterocycles. The summed E-state index contributed by atoms with van der Waals surface area (Å²) in [5, 5.41) is 8.23. The van der Waals surface area contributed by atoms with Crippen molar-refractivity contribution >= 4 is 60.5 Å². The number of carbonyl (C=O) groups excluding carboxylic acids is 1. The average molecular weight is 483 g/mol. The first-order chi connectivity index (χ1) is 16.9. The molecule has 0 aliphatic carbocycles. The maximum Gasteiger partial charge on any atom is 0.255 e. The Morgan fingerprint density at radius 2 is 1.34 bits per heavy atom. The zero-order chi connectivity index (χ0) is 24.4. The first kappa shape index (κ1) is 22.4. The van der Waals surface area contributed by atoms with Crippen molar-refractivity contribution < 1.29 is 13.2 Å². The highest BCUT2D eigenvalue weighted by atomic mass is 32.2. The number of rotatable bonds is 6. The van der Waals surface area contributed by atoms with E-state index in [1.165, 1.54) is 0 Å². The van der Waals surface area contributed by atoms with Gasteiger partial charge in [-0.2, -0.15) is 0 Å². The molecule has 1 heterocycles. The molecule has 8 heteroatoms. The van der Waals surface area contributed by atoms with Crippen molar-refractivity contribution in [3.05, 3.63) is 103 Å². The fourth-order valence-electron chi connectivity index (χ4n) is 3.88. The number of aromatic nitrogens is 1. The fraction of sp³-hybridized carbons (Fsp3) is 0.0370. The summed E-state index contributed by atoms with van der Waals surface area (Å²) >= 11 is 0. The van der Waals surface area contributed by atoms with Gasteiger partial charge in [0.15, 0.2) is 0 Å². The molecule has 174 valence electrons. The Bertz CT molecular complexity index is 1650. The molecule has 0 unspecified atom stereocenters. The van der Waals surface area contributed by atoms with Gasteiger partial charge in [-0.3, -0.25) is 9.52 Å². The first-order valence-electron chi connectivity index (χ1n) is 10.9. The molecular formula is C27H22N4O3S. The van der Waals surface area contributed by atoms with E-state index in [1.54, 1.807) is 24.3 Å². The second-order valence-electron chi connectivity index (χ2n) is 8.13. The fourth-order valence-corrected chi connectivity index (χ4v) is 4.44. The minimum Gasteiger partial charge on any atom is -0.354 e. The molecule has 0 saturated heterocycles. The van der Waals surface area contributed by atoms with Gasteiger partial charge in [-0.25, -0.2) is 13.4 Å². The summed E-state index contributed by atoms with van der Waals surface area (Å²) in [4.78, 5) is 17.4. The molecule has 0 spiro atoms. The van der Waals surface area contributed by atoms with Crippen LogP contribution in [-0.4, -0.2) is 25.6 Å². The number of hydrogen-bond donors (Lipinski definition) is 3. The summed E-state index contributed by atoms with van der Waals surface area (Å²) in [5.41, 5.74) is 4.92. The van der Waals surface area contributed by atoms with Gasteiger partial charge in [-0.1, -0.05) is 36.4 Å². The highest BCUT2D eigenvalue weighted by Crippen LogP contribution is 2.34. The number of nitrogens with zero attached hydrogens (tertiary/aromatic N) is 1. The lowest BCUT2D eigenvalue weighted by Crippen LogP contribution is -2.11. The predicted molar refractivity (Wildman–Crippen MR) is 142 cm³/mol. The maximum absolute atomic E-state index is 12.6. The smallest absolute Gasteiger partial charge is 0.255 e. The third kappa shape index (κ3) is 5.07. The number of fused-ring (bicyclic) bond motifs is 2. The van der Waals surface area contributed by atoms with Crippen molar-refractivity contribution in [3.63, 3.8) is 0 Å². The number of benzene rings is 4. The van der Waals surface area contributed by atoms with E-state index in [0.717, 1.165) is 39.4 Å². The molecule has 1 aromatic heterocycles. The van der Waals surface area contributed by atoms with Crippen LogP contribution >= 0.6 is 0 Å². The van der Waals surface area contributed by atoms with E-state index in [2.05, 4.69) is 15.4 Å². The minimum absolute atomic E-state index is 0.188. The van der Waals surface area contributed by atoms with E-state index < -0.39 is 10.0 Å². The molecular weight excluding hydrogens is 460 g/mol. The van der Waals surface area contributed by atoms with E-state index in [9.17, 15) is 13.2 Å². The molecule has 0 fully saturated rings. The summed E-state index contributed by atoms with van der Waals surface area (Å²) in [6, 6.07) is 29.5. The van der Waals surface area contributed by atoms with E-state index >= 15 is 0 Å². The maximum atomic E-state index is 12.6. The van der Waals surface area contributed by atoms with Gasteiger partial charge in [0, 0.05) is 33.4 Å². The Morgan fingerprint density at radius 3 is 2.09 bits per heavy atom. The van der Waals surface area contributed by atoms with Gasteiger partial charge in [0.1, 0.15) is 0 Å². The summed E-state index contributed by atoms with van der Waals surface area (Å²) in [5.74, 6) is -0.188. The lowest BCUT2D eigenvalue weighted by molar-refractivity contribution is 0.102. The molecule has 0 bridgehead atoms. The van der Waals surface area contributed by atoms with Crippen LogP contribution < -0.4 is 15.4 Å². The Hall–Kier alpha value is -4.43. The van der Waals surface area contributed by atoms with Crippen LogP contribution in [-0.2, 0) is 10.0 Å². The summed E-state index contributed by atoms with van der Waals surface area (Å²) in [7, 11) is -3.35. The molecule has 5 rings (SSSR count). The van der Waals surface area contributed by atoms with Crippen LogP contribution in [0.1, 0.15) is 10.4 Å². The largest absolute Gasteiger partial charge is 0.354 e. The van der Waals surface area contributed by atoms with E-state index in [-0.39, 0.29) is 5.91 Å². The lowest BCUT2D eigenvalue weighted by atomic mass is 10.1. The molecule has 5 aromatic rings. The summed E-state index contributed by atoms with van der Waals surface area (Å²) < 4.78 is 25.4. The molecule has 0 saturated carbocycles. The average Bonchev–Trinajstić information content (AvgIpc) is 2.84. The van der Waals surface area contributed by atoms with Crippen LogP contribution in [0.3, 0.4) is 0 Å². The van der Waals surface area contributed by atoms with Crippen molar-refractivity contribution in [1.29, 1.82) is 0 Å². The van der Waals surface area contributed by atoms with E-state index in [0.29, 0.717) is 16.9 Å². The highest BCUT2D eigenvalue weighted by Gasteiger charge is 2.12. The van der Waals surface area contributed by atoms with Crippen molar-refractivity contribution in [1.82, 2.24) is 4.98 Å². The second-order valence-corrected chi connectivity index (χ2v) is 9.88. The molecule has 35 heavy (non-hydrogen) atoms. The van der Waals surface area contributed by atoms with Crippen LogP contribution in [0.25, 0.3) is 21.8 Å². The Kier molecular flexibility index (Phi) is 5.80. The topological polar surface area (TPSA) is 100 Å². The molecule has 0 atom stereocenters. The summed E-state index contributed by atoms with van der Waals surface area (Å²) in [6.45, 7) is 0. The Balaban J connectivity index is 1.51. The Labute approximate surface area is 202 Å². The van der Waals surface area contributed by atoms with Crippen molar-refractivity contribution in [2.45, 2.75) is 0 Å². The molecule has 3 N–H and O–H groups in total. The normalized spacial score (nSPS) is 11.3. The summed E-state index contributed by atoms with van der Waals surface area (Å²) in [6.07, 6.45) is 1.12. The molecule has 0 aliphatic rings. The molecule has 1 amide bonds. The van der Waals surface area contributed by atoms with Crippen LogP contribution in [0, 0.1) is 0 Å². The zero-order valence-corrected chi connectivity index (χ0v) is 19.6. The number of pyridine rings is 1. The van der Waals surface area contributed by atoms with E-state index in [4.69, 9.17) is 4.98 Å². The second kappa shape index (κ2) is 9.08. The predicted octanol–water partition coefficient (Wildman–Crippen LogP) is 5.76. The van der Waals surface area contributed by atoms with Crippen molar-refractivity contribution in [2.75, 3.05) is 21.6 Å².